The Hall–Kier alpha value is -2.57. The van der Waals surface area contributed by atoms with E-state index in [0.717, 1.165) is 31.7 Å². The Balaban J connectivity index is 1.92. The Morgan fingerprint density at radius 1 is 1.31 bits per heavy atom. The third-order valence-electron chi connectivity index (χ3n) is 4.37. The van der Waals surface area contributed by atoms with Crippen LogP contribution in [0.15, 0.2) is 24.4 Å². The molecule has 0 saturated heterocycles. The van der Waals surface area contributed by atoms with Gasteiger partial charge in [0.2, 0.25) is 5.95 Å². The van der Waals surface area contributed by atoms with Crippen molar-refractivity contribution in [2.75, 3.05) is 23.1 Å². The highest BCUT2D eigenvalue weighted by molar-refractivity contribution is 7.74. The van der Waals surface area contributed by atoms with Gasteiger partial charge in [0.25, 0.3) is 0 Å². The molecule has 1 aromatic heterocycles. The van der Waals surface area contributed by atoms with Gasteiger partial charge in [-0.3, -0.25) is 0 Å². The summed E-state index contributed by atoms with van der Waals surface area (Å²) in [6.45, 7) is 0. The number of nitrogens with zero attached hydrogens (tertiary/aromatic N) is 3. The number of quaternary nitrogens is 1. The topological polar surface area (TPSA) is 106 Å². The van der Waals surface area contributed by atoms with Gasteiger partial charge in [-0.05, 0) is 35.6 Å². The molecule has 1 fully saturated rings. The number of halogens is 3. The van der Waals surface area contributed by atoms with Crippen molar-refractivity contribution in [2.45, 2.75) is 31.5 Å². The van der Waals surface area contributed by atoms with Gasteiger partial charge in [-0.2, -0.15) is 28.8 Å². The van der Waals surface area contributed by atoms with E-state index in [1.807, 2.05) is 0 Å². The van der Waals surface area contributed by atoms with Crippen molar-refractivity contribution in [3.8, 4) is 0 Å². The molecule has 1 atom stereocenters. The molecule has 0 aliphatic heterocycles. The summed E-state index contributed by atoms with van der Waals surface area (Å²) in [7, 11) is 1.36. The molecule has 2 aromatic rings. The minimum absolute atomic E-state index is 0.0427. The summed E-state index contributed by atoms with van der Waals surface area (Å²) in [5.74, 6) is -0.326. The summed E-state index contributed by atoms with van der Waals surface area (Å²) in [4.78, 5) is 7.80. The van der Waals surface area contributed by atoms with Gasteiger partial charge in [0.15, 0.2) is 0 Å². The zero-order chi connectivity index (χ0) is 21.2. The van der Waals surface area contributed by atoms with Crippen LogP contribution in [0.25, 0.3) is 0 Å². The zero-order valence-corrected chi connectivity index (χ0v) is 16.3. The number of alkyl halides is 3. The number of hydroxylamine groups is 1. The maximum absolute atomic E-state index is 13.3. The number of anilines is 4. The fourth-order valence-electron chi connectivity index (χ4n) is 2.78. The van der Waals surface area contributed by atoms with Gasteiger partial charge < -0.3 is 16.0 Å². The van der Waals surface area contributed by atoms with Crippen LogP contribution in [-0.4, -0.2) is 38.6 Å². The third-order valence-corrected chi connectivity index (χ3v) is 4.47. The quantitative estimate of drug-likeness (QED) is 0.171. The molecule has 0 spiro atoms. The van der Waals surface area contributed by atoms with Crippen LogP contribution in [-0.2, 0) is 6.18 Å². The lowest BCUT2D eigenvalue weighted by Crippen LogP contribution is -2.36. The SMILES string of the molecule is C[N+](O)(S)Nc1cccc(Nc2ncc(C(F)(F)F)c(NC3CCC3)n2)c1C=N. The lowest BCUT2D eigenvalue weighted by Gasteiger charge is -2.28. The van der Waals surface area contributed by atoms with Crippen LogP contribution in [0.5, 0.6) is 0 Å². The van der Waals surface area contributed by atoms with Gasteiger partial charge in [-0.15, -0.1) is 0 Å². The van der Waals surface area contributed by atoms with Gasteiger partial charge in [0.1, 0.15) is 36.9 Å². The smallest absolute Gasteiger partial charge is 0.367 e. The molecule has 0 radical (unpaired) electrons. The van der Waals surface area contributed by atoms with Crippen molar-refractivity contribution in [3.63, 3.8) is 0 Å². The molecule has 156 valence electrons. The van der Waals surface area contributed by atoms with Crippen molar-refractivity contribution in [2.24, 2.45) is 0 Å². The normalized spacial score (nSPS) is 16.5. The van der Waals surface area contributed by atoms with Crippen molar-refractivity contribution >= 4 is 42.2 Å². The summed E-state index contributed by atoms with van der Waals surface area (Å²) in [5.41, 5.74) is 2.84. The molecule has 3 rings (SSSR count). The molecule has 1 unspecified atom stereocenters. The van der Waals surface area contributed by atoms with Crippen LogP contribution in [0.1, 0.15) is 30.4 Å². The van der Waals surface area contributed by atoms with Crippen molar-refractivity contribution in [3.05, 3.63) is 35.5 Å². The van der Waals surface area contributed by atoms with E-state index in [-0.39, 0.29) is 17.8 Å². The van der Waals surface area contributed by atoms with E-state index in [9.17, 15) is 18.4 Å². The fourth-order valence-corrected chi connectivity index (χ4v) is 2.89. The van der Waals surface area contributed by atoms with Crippen LogP contribution in [0, 0.1) is 5.41 Å². The average molecular weight is 428 g/mol. The molecular formula is C17H21F3N7OS+. The first kappa shape index (κ1) is 21.1. The lowest BCUT2D eigenvalue weighted by atomic mass is 9.93. The Morgan fingerprint density at radius 2 is 2.00 bits per heavy atom. The Kier molecular flexibility index (Phi) is 5.87. The molecule has 0 bridgehead atoms. The van der Waals surface area contributed by atoms with Gasteiger partial charge in [-0.25, -0.2) is 4.98 Å². The molecule has 12 heteroatoms. The van der Waals surface area contributed by atoms with E-state index >= 15 is 0 Å². The second kappa shape index (κ2) is 8.05. The van der Waals surface area contributed by atoms with E-state index in [1.165, 1.54) is 7.05 Å². The first-order valence-electron chi connectivity index (χ1n) is 8.78. The number of rotatable bonds is 7. The predicted octanol–water partition coefficient (Wildman–Crippen LogP) is 4.21. The largest absolute Gasteiger partial charge is 0.421 e. The Morgan fingerprint density at radius 3 is 2.55 bits per heavy atom. The minimum atomic E-state index is -4.58. The second-order valence-corrected chi connectivity index (χ2v) is 7.57. The lowest BCUT2D eigenvalue weighted by molar-refractivity contribution is -0.955. The number of hydrogen-bond donors (Lipinski definition) is 6. The summed E-state index contributed by atoms with van der Waals surface area (Å²) in [6.07, 6.45) is -0.269. The van der Waals surface area contributed by atoms with E-state index < -0.39 is 15.9 Å². The monoisotopic (exact) mass is 428 g/mol. The van der Waals surface area contributed by atoms with Gasteiger partial charge >= 0.3 is 6.18 Å². The minimum Gasteiger partial charge on any atom is -0.367 e. The second-order valence-electron chi connectivity index (χ2n) is 6.79. The van der Waals surface area contributed by atoms with Gasteiger partial charge in [-0.1, -0.05) is 6.07 Å². The third kappa shape index (κ3) is 5.28. The first-order chi connectivity index (χ1) is 13.6. The van der Waals surface area contributed by atoms with E-state index in [2.05, 4.69) is 38.8 Å². The van der Waals surface area contributed by atoms with Crippen LogP contribution >= 0.6 is 12.8 Å². The summed E-state index contributed by atoms with van der Waals surface area (Å²) < 4.78 is 39.0. The van der Waals surface area contributed by atoms with E-state index in [0.29, 0.717) is 16.9 Å². The van der Waals surface area contributed by atoms with Crippen molar-refractivity contribution < 1.29 is 22.5 Å². The standard InChI is InChI=1S/C17H21F3N7OS/c1-27(28,29)26-14-7-3-6-13(11(14)8-21)24-16-22-9-12(17(18,19)20)15(25-16)23-10-4-2-5-10/h3,6-10,21,26,28-29H,2,4-5H2,1H3,(H2,22,23,24,25)/q+1. The van der Waals surface area contributed by atoms with Crippen LogP contribution < -0.4 is 16.1 Å². The average Bonchev–Trinajstić information content (AvgIpc) is 2.56. The van der Waals surface area contributed by atoms with Crippen molar-refractivity contribution in [1.29, 1.82) is 5.41 Å². The molecule has 1 saturated carbocycles. The highest BCUT2D eigenvalue weighted by Crippen LogP contribution is 2.36. The molecular weight excluding hydrogens is 407 g/mol. The Bertz CT molecular complexity index is 898. The molecule has 0 amide bonds. The van der Waals surface area contributed by atoms with Crippen LogP contribution in [0.4, 0.5) is 36.3 Å². The van der Waals surface area contributed by atoms with Gasteiger partial charge in [0, 0.05) is 24.0 Å². The predicted molar refractivity (Wildman–Crippen MR) is 106 cm³/mol. The maximum Gasteiger partial charge on any atom is 0.421 e. The van der Waals surface area contributed by atoms with E-state index in [4.69, 9.17) is 5.41 Å². The molecule has 1 aromatic carbocycles. The molecule has 29 heavy (non-hydrogen) atoms. The number of aromatic nitrogens is 2. The number of nitrogens with one attached hydrogen (secondary N) is 4. The summed E-state index contributed by atoms with van der Waals surface area (Å²) in [6, 6.07) is 4.83. The Labute approximate surface area is 170 Å². The highest BCUT2D eigenvalue weighted by Gasteiger charge is 2.36. The summed E-state index contributed by atoms with van der Waals surface area (Å²) in [5, 5.41) is 23.1. The van der Waals surface area contributed by atoms with Crippen LogP contribution in [0.2, 0.25) is 0 Å². The molecule has 8 nitrogen and oxygen atoms in total. The highest BCUT2D eigenvalue weighted by atomic mass is 32.1. The molecule has 5 N–H and O–H groups in total. The number of hydrogen-bond acceptors (Lipinski definition) is 8. The number of thiol groups is 1. The van der Waals surface area contributed by atoms with Crippen molar-refractivity contribution in [1.82, 2.24) is 9.97 Å². The maximum atomic E-state index is 13.3. The zero-order valence-electron chi connectivity index (χ0n) is 15.5. The van der Waals surface area contributed by atoms with Crippen LogP contribution in [0.3, 0.4) is 0 Å². The molecule has 1 aliphatic rings. The molecule has 1 heterocycles. The number of benzene rings is 1. The van der Waals surface area contributed by atoms with Gasteiger partial charge in [0.05, 0.1) is 5.69 Å². The molecule has 1 aliphatic carbocycles. The first-order valence-corrected chi connectivity index (χ1v) is 9.18. The summed E-state index contributed by atoms with van der Waals surface area (Å²) >= 11 is 3.93. The van der Waals surface area contributed by atoms with E-state index in [1.54, 1.807) is 18.2 Å². The fraction of sp³-hybridized carbons (Fsp3) is 0.353.